The van der Waals surface area contributed by atoms with E-state index in [1.165, 1.54) is 0 Å². The summed E-state index contributed by atoms with van der Waals surface area (Å²) in [4.78, 5) is 35.8. The maximum absolute atomic E-state index is 12.4. The highest BCUT2D eigenvalue weighted by Gasteiger charge is 2.32. The Labute approximate surface area is 137 Å². The Balaban J connectivity index is 5.08. The number of aliphatic carboxylic acids is 1. The second kappa shape index (κ2) is 9.46. The predicted molar refractivity (Wildman–Crippen MR) is 87.1 cm³/mol. The van der Waals surface area contributed by atoms with Crippen molar-refractivity contribution >= 4 is 17.8 Å². The highest BCUT2D eigenvalue weighted by molar-refractivity contribution is 5.92. The number of carboxylic acids is 1. The molecule has 0 radical (unpaired) electrons. The van der Waals surface area contributed by atoms with Crippen LogP contribution in [-0.4, -0.2) is 41.0 Å². The summed E-state index contributed by atoms with van der Waals surface area (Å²) in [6, 6.07) is -2.48. The summed E-state index contributed by atoms with van der Waals surface area (Å²) in [5.41, 5.74) is 2.42. The van der Waals surface area contributed by atoms with Crippen molar-refractivity contribution in [1.29, 1.82) is 0 Å². The van der Waals surface area contributed by atoms with Crippen molar-refractivity contribution in [2.75, 3.05) is 0 Å². The first-order chi connectivity index (χ1) is 10.5. The molecule has 0 rings (SSSR count). The number of carbonyl (C=O) groups is 3. The number of carboxylic acid groups (broad SMARTS) is 1. The third-order valence-corrected chi connectivity index (χ3v) is 3.61. The van der Waals surface area contributed by atoms with E-state index in [0.29, 0.717) is 0 Å². The van der Waals surface area contributed by atoms with Gasteiger partial charge in [0.25, 0.3) is 0 Å². The fraction of sp³-hybridized carbons (Fsp3) is 0.800. The Morgan fingerprint density at radius 2 is 1.09 bits per heavy atom. The van der Waals surface area contributed by atoms with E-state index < -0.39 is 35.9 Å². The molecule has 3 unspecified atom stereocenters. The monoisotopic (exact) mass is 330 g/mol. The van der Waals surface area contributed by atoms with Gasteiger partial charge in [0.1, 0.15) is 18.1 Å². The first kappa shape index (κ1) is 21.3. The summed E-state index contributed by atoms with van der Waals surface area (Å²) in [5, 5.41) is 14.3. The lowest BCUT2D eigenvalue weighted by atomic mass is 9.98. The summed E-state index contributed by atoms with van der Waals surface area (Å²) in [6.07, 6.45) is 0. The molecule has 0 aliphatic carbocycles. The van der Waals surface area contributed by atoms with Gasteiger partial charge in [0.2, 0.25) is 11.8 Å². The smallest absolute Gasteiger partial charge is 0.326 e. The fourth-order valence-corrected chi connectivity index (χ4v) is 2.11. The molecule has 0 aromatic carbocycles. The average molecular weight is 330 g/mol. The Bertz CT molecular complexity index is 424. The van der Waals surface area contributed by atoms with Gasteiger partial charge in [0.15, 0.2) is 0 Å². The zero-order valence-corrected chi connectivity index (χ0v) is 14.7. The highest BCUT2D eigenvalue weighted by atomic mass is 16.4. The molecular formula is C15H30N4O4. The quantitative estimate of drug-likeness (QED) is 0.295. The minimum absolute atomic E-state index is 0.0571. The van der Waals surface area contributed by atoms with Crippen LogP contribution in [0.2, 0.25) is 0 Å². The first-order valence-corrected chi connectivity index (χ1v) is 7.82. The van der Waals surface area contributed by atoms with Crippen LogP contribution < -0.4 is 21.9 Å². The van der Waals surface area contributed by atoms with Crippen LogP contribution in [0.4, 0.5) is 0 Å². The van der Waals surface area contributed by atoms with E-state index >= 15 is 0 Å². The van der Waals surface area contributed by atoms with Gasteiger partial charge in [-0.3, -0.25) is 15.4 Å². The lowest BCUT2D eigenvalue weighted by Gasteiger charge is -2.27. The van der Waals surface area contributed by atoms with Crippen LogP contribution in [0.15, 0.2) is 0 Å². The first-order valence-electron chi connectivity index (χ1n) is 7.82. The summed E-state index contributed by atoms with van der Waals surface area (Å²) in [5.74, 6) is 2.82. The van der Waals surface area contributed by atoms with Gasteiger partial charge >= 0.3 is 5.97 Å². The van der Waals surface area contributed by atoms with Crippen LogP contribution in [0.25, 0.3) is 0 Å². The van der Waals surface area contributed by atoms with E-state index in [9.17, 15) is 14.4 Å². The van der Waals surface area contributed by atoms with Crippen LogP contribution in [0.5, 0.6) is 0 Å². The maximum Gasteiger partial charge on any atom is 0.326 e. The predicted octanol–water partition coefficient (Wildman–Crippen LogP) is -0.159. The van der Waals surface area contributed by atoms with E-state index in [-0.39, 0.29) is 17.8 Å². The number of nitrogens with one attached hydrogen (secondary N) is 3. The van der Waals surface area contributed by atoms with Gasteiger partial charge in [-0.15, -0.1) is 0 Å². The number of hydrogen-bond acceptors (Lipinski definition) is 5. The minimum atomic E-state index is -1.11. The van der Waals surface area contributed by atoms with Crippen molar-refractivity contribution in [3.63, 3.8) is 0 Å². The summed E-state index contributed by atoms with van der Waals surface area (Å²) < 4.78 is 0. The Morgan fingerprint density at radius 1 is 0.739 bits per heavy atom. The van der Waals surface area contributed by atoms with Crippen LogP contribution in [0, 0.1) is 17.8 Å². The second-order valence-electron chi connectivity index (χ2n) is 6.69. The number of rotatable bonds is 9. The molecule has 0 aliphatic rings. The molecule has 23 heavy (non-hydrogen) atoms. The lowest BCUT2D eigenvalue weighted by molar-refractivity contribution is -0.143. The molecule has 0 fully saturated rings. The maximum atomic E-state index is 12.4. The zero-order chi connectivity index (χ0) is 18.3. The second-order valence-corrected chi connectivity index (χ2v) is 6.69. The van der Waals surface area contributed by atoms with Crippen molar-refractivity contribution in [3.05, 3.63) is 0 Å². The fourth-order valence-electron chi connectivity index (χ4n) is 2.11. The molecular weight excluding hydrogens is 300 g/mol. The molecule has 0 aromatic heterocycles. The van der Waals surface area contributed by atoms with E-state index in [2.05, 4.69) is 16.1 Å². The molecule has 0 bridgehead atoms. The Kier molecular flexibility index (Phi) is 8.78. The van der Waals surface area contributed by atoms with E-state index in [4.69, 9.17) is 10.9 Å². The number of hydrazine groups is 1. The standard InChI is InChI=1S/C15H30N4O4/c1-7(2)10(17-14(21)11(19-16)8(3)4)13(20)18-12(9(5)6)15(22)23/h7-12,19H,16H2,1-6H3,(H,17,21)(H,18,20)(H,22,23). The van der Waals surface area contributed by atoms with E-state index in [1.807, 2.05) is 13.8 Å². The number of amides is 2. The minimum Gasteiger partial charge on any atom is -0.480 e. The van der Waals surface area contributed by atoms with Crippen LogP contribution in [-0.2, 0) is 14.4 Å². The average Bonchev–Trinajstić information content (AvgIpc) is 2.40. The van der Waals surface area contributed by atoms with Gasteiger partial charge in [0.05, 0.1) is 0 Å². The SMILES string of the molecule is CC(C)C(NC(=O)C(NC(=O)C(NN)C(C)C)C(C)C)C(=O)O. The van der Waals surface area contributed by atoms with Gasteiger partial charge < -0.3 is 15.7 Å². The van der Waals surface area contributed by atoms with Gasteiger partial charge in [-0.05, 0) is 17.8 Å². The van der Waals surface area contributed by atoms with Crippen molar-refractivity contribution < 1.29 is 19.5 Å². The number of nitrogens with two attached hydrogens (primary N) is 1. The van der Waals surface area contributed by atoms with Gasteiger partial charge in [-0.1, -0.05) is 41.5 Å². The highest BCUT2D eigenvalue weighted by Crippen LogP contribution is 2.08. The van der Waals surface area contributed by atoms with Gasteiger partial charge in [-0.2, -0.15) is 0 Å². The molecule has 2 amide bonds. The molecule has 3 atom stereocenters. The molecule has 0 spiro atoms. The summed E-state index contributed by atoms with van der Waals surface area (Å²) >= 11 is 0. The topological polar surface area (TPSA) is 134 Å². The number of carbonyl (C=O) groups excluding carboxylic acids is 2. The van der Waals surface area contributed by atoms with E-state index in [1.54, 1.807) is 27.7 Å². The largest absolute Gasteiger partial charge is 0.480 e. The molecule has 0 heterocycles. The van der Waals surface area contributed by atoms with E-state index in [0.717, 1.165) is 0 Å². The van der Waals surface area contributed by atoms with Crippen molar-refractivity contribution in [1.82, 2.24) is 16.1 Å². The summed E-state index contributed by atoms with van der Waals surface area (Å²) in [7, 11) is 0. The molecule has 6 N–H and O–H groups in total. The third kappa shape index (κ3) is 6.54. The van der Waals surface area contributed by atoms with Crippen molar-refractivity contribution in [3.8, 4) is 0 Å². The van der Waals surface area contributed by atoms with Crippen molar-refractivity contribution in [2.45, 2.75) is 59.7 Å². The zero-order valence-electron chi connectivity index (χ0n) is 14.7. The molecule has 0 saturated heterocycles. The molecule has 0 aromatic rings. The van der Waals surface area contributed by atoms with Crippen LogP contribution in [0.3, 0.4) is 0 Å². The van der Waals surface area contributed by atoms with Gasteiger partial charge in [0, 0.05) is 0 Å². The van der Waals surface area contributed by atoms with Crippen molar-refractivity contribution in [2.24, 2.45) is 23.6 Å². The van der Waals surface area contributed by atoms with Crippen LogP contribution >= 0.6 is 0 Å². The van der Waals surface area contributed by atoms with Gasteiger partial charge in [-0.25, -0.2) is 10.2 Å². The normalized spacial score (nSPS) is 15.4. The molecule has 8 nitrogen and oxygen atoms in total. The molecule has 0 aliphatic heterocycles. The third-order valence-electron chi connectivity index (χ3n) is 3.61. The lowest BCUT2D eigenvalue weighted by Crippen LogP contribution is -2.59. The van der Waals surface area contributed by atoms with Crippen LogP contribution in [0.1, 0.15) is 41.5 Å². The summed E-state index contributed by atoms with van der Waals surface area (Å²) in [6.45, 7) is 10.6. The molecule has 8 heteroatoms. The Morgan fingerprint density at radius 3 is 1.39 bits per heavy atom. The Hall–Kier alpha value is -1.67. The number of hydrogen-bond donors (Lipinski definition) is 5. The molecule has 134 valence electrons. The molecule has 0 saturated carbocycles.